The summed E-state index contributed by atoms with van der Waals surface area (Å²) < 4.78 is 0. The Morgan fingerprint density at radius 3 is 2.75 bits per heavy atom. The summed E-state index contributed by atoms with van der Waals surface area (Å²) in [7, 11) is 0. The van der Waals surface area contributed by atoms with Crippen LogP contribution in [-0.4, -0.2) is 33.6 Å². The van der Waals surface area contributed by atoms with Gasteiger partial charge in [0.25, 0.3) is 11.5 Å². The number of carbonyl (C=O) groups is 1. The van der Waals surface area contributed by atoms with E-state index in [1.165, 1.54) is 0 Å². The van der Waals surface area contributed by atoms with Gasteiger partial charge < -0.3 is 15.4 Å². The second kappa shape index (κ2) is 5.26. The van der Waals surface area contributed by atoms with Gasteiger partial charge in [-0.15, -0.1) is 0 Å². The highest BCUT2D eigenvalue weighted by molar-refractivity contribution is 5.91. The number of aliphatic hydroxyl groups excluding tert-OH is 1. The zero-order chi connectivity index (χ0) is 12.1. The summed E-state index contributed by atoms with van der Waals surface area (Å²) in [5, 5.41) is 11.4. The summed E-state index contributed by atoms with van der Waals surface area (Å²) in [6.07, 6.45) is -0.113. The number of aromatic amines is 2. The van der Waals surface area contributed by atoms with Crippen molar-refractivity contribution >= 4 is 5.91 Å². The number of H-pyrrole nitrogens is 2. The average Bonchev–Trinajstić information content (AvgIpc) is 2.15. The second-order valence-corrected chi connectivity index (χ2v) is 3.39. The molecule has 1 atom stereocenters. The summed E-state index contributed by atoms with van der Waals surface area (Å²) in [6.45, 7) is 1.87. The Balaban J connectivity index is 2.66. The topological polar surface area (TPSA) is 115 Å². The van der Waals surface area contributed by atoms with Crippen LogP contribution in [0.15, 0.2) is 15.7 Å². The van der Waals surface area contributed by atoms with Crippen molar-refractivity contribution in [2.45, 2.75) is 19.4 Å². The standard InChI is InChI=1S/C9H13N3O4/c1-5(13)2-3-10-8(15)6-4-7(14)12-9(16)11-6/h4-5,13H,2-3H2,1H3,(H,10,15)(H2,11,12,14,16). The molecule has 16 heavy (non-hydrogen) atoms. The molecule has 1 amide bonds. The molecule has 0 spiro atoms. The fraction of sp³-hybridized carbons (Fsp3) is 0.444. The Bertz CT molecular complexity index is 446. The molecule has 1 aromatic rings. The van der Waals surface area contributed by atoms with E-state index in [1.807, 2.05) is 4.98 Å². The molecule has 4 N–H and O–H groups in total. The van der Waals surface area contributed by atoms with Crippen LogP contribution in [0.3, 0.4) is 0 Å². The van der Waals surface area contributed by atoms with Crippen LogP contribution in [0.1, 0.15) is 23.8 Å². The lowest BCUT2D eigenvalue weighted by Gasteiger charge is -2.05. The summed E-state index contributed by atoms with van der Waals surface area (Å²) in [6, 6.07) is 0.999. The maximum absolute atomic E-state index is 11.4. The van der Waals surface area contributed by atoms with Crippen LogP contribution in [0.5, 0.6) is 0 Å². The van der Waals surface area contributed by atoms with Gasteiger partial charge in [-0.1, -0.05) is 0 Å². The van der Waals surface area contributed by atoms with E-state index in [0.29, 0.717) is 6.42 Å². The molecule has 0 aliphatic carbocycles. The Morgan fingerprint density at radius 2 is 2.19 bits per heavy atom. The SMILES string of the molecule is CC(O)CCNC(=O)c1cc(=O)[nH]c(=O)[nH]1. The molecule has 0 aliphatic heterocycles. The maximum Gasteiger partial charge on any atom is 0.326 e. The van der Waals surface area contributed by atoms with Gasteiger partial charge in [0.1, 0.15) is 5.69 Å². The fourth-order valence-electron chi connectivity index (χ4n) is 1.08. The highest BCUT2D eigenvalue weighted by atomic mass is 16.3. The van der Waals surface area contributed by atoms with Crippen LogP contribution in [-0.2, 0) is 0 Å². The zero-order valence-electron chi connectivity index (χ0n) is 8.74. The molecule has 7 heteroatoms. The number of aliphatic hydroxyl groups is 1. The average molecular weight is 227 g/mol. The van der Waals surface area contributed by atoms with Crippen LogP contribution in [0.25, 0.3) is 0 Å². The predicted octanol–water partition coefficient (Wildman–Crippen LogP) is -1.44. The molecule has 0 aromatic carbocycles. The summed E-state index contributed by atoms with van der Waals surface area (Å²) >= 11 is 0. The summed E-state index contributed by atoms with van der Waals surface area (Å²) in [5.41, 5.74) is -1.46. The Labute approximate surface area is 90.5 Å². The second-order valence-electron chi connectivity index (χ2n) is 3.39. The van der Waals surface area contributed by atoms with E-state index in [9.17, 15) is 14.4 Å². The van der Waals surface area contributed by atoms with Crippen LogP contribution >= 0.6 is 0 Å². The van der Waals surface area contributed by atoms with E-state index < -0.39 is 23.3 Å². The van der Waals surface area contributed by atoms with E-state index in [-0.39, 0.29) is 12.2 Å². The summed E-state index contributed by atoms with van der Waals surface area (Å²) in [4.78, 5) is 37.3. The maximum atomic E-state index is 11.4. The summed E-state index contributed by atoms with van der Waals surface area (Å²) in [5.74, 6) is -0.552. The third kappa shape index (κ3) is 3.70. The molecule has 1 aromatic heterocycles. The van der Waals surface area contributed by atoms with E-state index in [0.717, 1.165) is 6.07 Å². The van der Waals surface area contributed by atoms with Crippen molar-refractivity contribution < 1.29 is 9.90 Å². The van der Waals surface area contributed by atoms with Crippen LogP contribution in [0, 0.1) is 0 Å². The van der Waals surface area contributed by atoms with Gasteiger partial charge in [0.2, 0.25) is 0 Å². The molecule has 1 heterocycles. The van der Waals surface area contributed by atoms with Crippen LogP contribution < -0.4 is 16.6 Å². The van der Waals surface area contributed by atoms with Gasteiger partial charge in [-0.3, -0.25) is 14.6 Å². The van der Waals surface area contributed by atoms with Crippen molar-refractivity contribution in [1.82, 2.24) is 15.3 Å². The minimum atomic E-state index is -0.729. The van der Waals surface area contributed by atoms with Crippen molar-refractivity contribution in [1.29, 1.82) is 0 Å². The van der Waals surface area contributed by atoms with Gasteiger partial charge in [-0.25, -0.2) is 4.79 Å². The number of hydrogen-bond donors (Lipinski definition) is 4. The molecule has 7 nitrogen and oxygen atoms in total. The molecule has 1 rings (SSSR count). The van der Waals surface area contributed by atoms with Gasteiger partial charge in [-0.2, -0.15) is 0 Å². The number of nitrogens with one attached hydrogen (secondary N) is 3. The van der Waals surface area contributed by atoms with E-state index in [2.05, 4.69) is 10.3 Å². The van der Waals surface area contributed by atoms with Gasteiger partial charge in [-0.05, 0) is 13.3 Å². The Morgan fingerprint density at radius 1 is 1.50 bits per heavy atom. The Hall–Kier alpha value is -1.89. The third-order valence-electron chi connectivity index (χ3n) is 1.85. The zero-order valence-corrected chi connectivity index (χ0v) is 8.74. The first kappa shape index (κ1) is 12.2. The Kier molecular flexibility index (Phi) is 4.01. The number of aromatic nitrogens is 2. The monoisotopic (exact) mass is 227 g/mol. The van der Waals surface area contributed by atoms with Crippen molar-refractivity contribution in [2.24, 2.45) is 0 Å². The highest BCUT2D eigenvalue weighted by Crippen LogP contribution is 1.89. The number of hydrogen-bond acceptors (Lipinski definition) is 4. The first-order valence-electron chi connectivity index (χ1n) is 4.79. The van der Waals surface area contributed by atoms with Gasteiger partial charge >= 0.3 is 5.69 Å². The van der Waals surface area contributed by atoms with E-state index >= 15 is 0 Å². The van der Waals surface area contributed by atoms with Crippen LogP contribution in [0.2, 0.25) is 0 Å². The normalized spacial score (nSPS) is 12.1. The molecule has 88 valence electrons. The smallest absolute Gasteiger partial charge is 0.326 e. The minimum absolute atomic E-state index is 0.0978. The van der Waals surface area contributed by atoms with Crippen molar-refractivity contribution in [3.8, 4) is 0 Å². The third-order valence-corrected chi connectivity index (χ3v) is 1.85. The molecule has 0 fully saturated rings. The molecule has 0 saturated carbocycles. The van der Waals surface area contributed by atoms with Gasteiger partial charge in [0.15, 0.2) is 0 Å². The van der Waals surface area contributed by atoms with E-state index in [4.69, 9.17) is 5.11 Å². The van der Waals surface area contributed by atoms with Crippen molar-refractivity contribution in [2.75, 3.05) is 6.54 Å². The molecule has 0 bridgehead atoms. The predicted molar refractivity (Wildman–Crippen MR) is 56.3 cm³/mol. The lowest BCUT2D eigenvalue weighted by atomic mass is 10.3. The number of carbonyl (C=O) groups excluding carboxylic acids is 1. The number of rotatable bonds is 4. The quantitative estimate of drug-likeness (QED) is 0.504. The van der Waals surface area contributed by atoms with E-state index in [1.54, 1.807) is 6.92 Å². The molecule has 0 aliphatic rings. The lowest BCUT2D eigenvalue weighted by molar-refractivity contribution is 0.0940. The van der Waals surface area contributed by atoms with Crippen molar-refractivity contribution in [3.63, 3.8) is 0 Å². The molecule has 0 radical (unpaired) electrons. The highest BCUT2D eigenvalue weighted by Gasteiger charge is 2.07. The largest absolute Gasteiger partial charge is 0.393 e. The van der Waals surface area contributed by atoms with Crippen LogP contribution in [0.4, 0.5) is 0 Å². The van der Waals surface area contributed by atoms with Gasteiger partial charge in [0, 0.05) is 12.6 Å². The minimum Gasteiger partial charge on any atom is -0.393 e. The molecular formula is C9H13N3O4. The van der Waals surface area contributed by atoms with Gasteiger partial charge in [0.05, 0.1) is 6.10 Å². The molecular weight excluding hydrogens is 214 g/mol. The number of amides is 1. The molecule has 1 unspecified atom stereocenters. The fourth-order valence-corrected chi connectivity index (χ4v) is 1.08. The first-order chi connectivity index (χ1) is 7.49. The lowest BCUT2D eigenvalue weighted by Crippen LogP contribution is -2.32. The molecule has 0 saturated heterocycles. The van der Waals surface area contributed by atoms with Crippen molar-refractivity contribution in [3.05, 3.63) is 32.6 Å². The first-order valence-corrected chi connectivity index (χ1v) is 4.79.